The van der Waals surface area contributed by atoms with Gasteiger partial charge in [-0.15, -0.1) is 0 Å². The van der Waals surface area contributed by atoms with Gasteiger partial charge in [-0.3, -0.25) is 0 Å². The number of rotatable bonds is 7. The number of para-hydroxylation sites is 1. The molecule has 0 aliphatic rings. The molecular formula is C23H26N6. The normalized spacial score (nSPS) is 10.3. The second kappa shape index (κ2) is 9.07. The van der Waals surface area contributed by atoms with Crippen molar-refractivity contribution >= 4 is 28.8 Å². The van der Waals surface area contributed by atoms with Crippen molar-refractivity contribution in [1.29, 1.82) is 5.26 Å². The van der Waals surface area contributed by atoms with E-state index in [2.05, 4.69) is 70.5 Å². The predicted octanol–water partition coefficient (Wildman–Crippen LogP) is 5.30. The highest BCUT2D eigenvalue weighted by Crippen LogP contribution is 2.26. The molecule has 1 heterocycles. The van der Waals surface area contributed by atoms with Gasteiger partial charge in [-0.25, -0.2) is 4.98 Å². The molecule has 29 heavy (non-hydrogen) atoms. The smallest absolute Gasteiger partial charge is 0.229 e. The van der Waals surface area contributed by atoms with Crippen LogP contribution in [0.4, 0.5) is 28.8 Å². The Bertz CT molecular complexity index is 1030. The third-order valence-electron chi connectivity index (χ3n) is 4.75. The summed E-state index contributed by atoms with van der Waals surface area (Å²) in [7, 11) is 0. The van der Waals surface area contributed by atoms with E-state index in [1.165, 1.54) is 5.69 Å². The zero-order valence-corrected chi connectivity index (χ0v) is 17.3. The lowest BCUT2D eigenvalue weighted by Gasteiger charge is -2.22. The monoisotopic (exact) mass is 386 g/mol. The van der Waals surface area contributed by atoms with E-state index < -0.39 is 0 Å². The van der Waals surface area contributed by atoms with Gasteiger partial charge in [0.25, 0.3) is 0 Å². The van der Waals surface area contributed by atoms with Gasteiger partial charge in [0.05, 0.1) is 11.3 Å². The lowest BCUT2D eigenvalue weighted by atomic mass is 10.1. The Kier molecular flexibility index (Phi) is 6.30. The number of hydrogen-bond donors (Lipinski definition) is 2. The van der Waals surface area contributed by atoms with Gasteiger partial charge < -0.3 is 15.5 Å². The van der Waals surface area contributed by atoms with Crippen molar-refractivity contribution in [3.05, 3.63) is 65.4 Å². The molecule has 0 radical (unpaired) electrons. The van der Waals surface area contributed by atoms with Gasteiger partial charge in [0.1, 0.15) is 11.9 Å². The number of aryl methyl sites for hydroxylation is 2. The van der Waals surface area contributed by atoms with E-state index in [-0.39, 0.29) is 0 Å². The van der Waals surface area contributed by atoms with Crippen LogP contribution in [0.25, 0.3) is 0 Å². The van der Waals surface area contributed by atoms with Crippen molar-refractivity contribution in [2.45, 2.75) is 27.7 Å². The number of benzene rings is 2. The summed E-state index contributed by atoms with van der Waals surface area (Å²) in [5.74, 6) is 1.15. The molecule has 148 valence electrons. The molecule has 0 spiro atoms. The summed E-state index contributed by atoms with van der Waals surface area (Å²) in [6.07, 6.45) is 0. The molecule has 3 aromatic rings. The Morgan fingerprint density at radius 3 is 2.38 bits per heavy atom. The number of hydrogen-bond acceptors (Lipinski definition) is 6. The van der Waals surface area contributed by atoms with Crippen molar-refractivity contribution in [2.75, 3.05) is 28.6 Å². The molecule has 6 nitrogen and oxygen atoms in total. The van der Waals surface area contributed by atoms with E-state index >= 15 is 0 Å². The van der Waals surface area contributed by atoms with E-state index in [9.17, 15) is 5.26 Å². The second-order valence-corrected chi connectivity index (χ2v) is 6.80. The molecule has 1 aromatic heterocycles. The van der Waals surface area contributed by atoms with Crippen LogP contribution in [-0.4, -0.2) is 23.1 Å². The molecule has 0 bridgehead atoms. The summed E-state index contributed by atoms with van der Waals surface area (Å²) < 4.78 is 0. The Labute approximate surface area is 172 Å². The Morgan fingerprint density at radius 1 is 0.931 bits per heavy atom. The second-order valence-electron chi connectivity index (χ2n) is 6.80. The van der Waals surface area contributed by atoms with Crippen molar-refractivity contribution in [3.63, 3.8) is 0 Å². The van der Waals surface area contributed by atoms with Gasteiger partial charge in [-0.1, -0.05) is 12.1 Å². The van der Waals surface area contributed by atoms with Crippen molar-refractivity contribution < 1.29 is 0 Å². The lowest BCUT2D eigenvalue weighted by molar-refractivity contribution is 0.866. The van der Waals surface area contributed by atoms with E-state index in [0.29, 0.717) is 23.0 Å². The minimum Gasteiger partial charge on any atom is -0.372 e. The summed E-state index contributed by atoms with van der Waals surface area (Å²) in [5, 5.41) is 15.8. The molecule has 0 fully saturated rings. The molecule has 0 unspecified atom stereocenters. The zero-order valence-electron chi connectivity index (χ0n) is 17.3. The van der Waals surface area contributed by atoms with Gasteiger partial charge >= 0.3 is 0 Å². The molecule has 3 rings (SSSR count). The molecule has 2 N–H and O–H groups in total. The fraction of sp³-hybridized carbons (Fsp3) is 0.261. The SMILES string of the molecule is CCN(CC)c1ccc(Nc2cc(C)nc(Nc3ccccc3C#N)n2)c(C)c1. The zero-order chi connectivity index (χ0) is 20.8. The highest BCUT2D eigenvalue weighted by atomic mass is 15.1. The lowest BCUT2D eigenvalue weighted by Crippen LogP contribution is -2.21. The van der Waals surface area contributed by atoms with Crippen molar-refractivity contribution in [3.8, 4) is 6.07 Å². The Balaban J connectivity index is 1.84. The molecule has 0 aliphatic carbocycles. The molecule has 0 saturated heterocycles. The first-order valence-corrected chi connectivity index (χ1v) is 9.78. The number of nitrogens with one attached hydrogen (secondary N) is 2. The first-order chi connectivity index (χ1) is 14.0. The Hall–Kier alpha value is -3.59. The van der Waals surface area contributed by atoms with Crippen LogP contribution in [0.2, 0.25) is 0 Å². The summed E-state index contributed by atoms with van der Waals surface area (Å²) in [5.41, 5.74) is 5.43. The first-order valence-electron chi connectivity index (χ1n) is 9.78. The maximum absolute atomic E-state index is 9.28. The number of aromatic nitrogens is 2. The largest absolute Gasteiger partial charge is 0.372 e. The molecule has 0 atom stereocenters. The maximum Gasteiger partial charge on any atom is 0.229 e. The molecule has 6 heteroatoms. The highest BCUT2D eigenvalue weighted by Gasteiger charge is 2.09. The van der Waals surface area contributed by atoms with Crippen LogP contribution in [0.1, 0.15) is 30.7 Å². The first kappa shape index (κ1) is 20.2. The van der Waals surface area contributed by atoms with Crippen molar-refractivity contribution in [1.82, 2.24) is 9.97 Å². The van der Waals surface area contributed by atoms with Gasteiger partial charge in [-0.2, -0.15) is 10.2 Å². The van der Waals surface area contributed by atoms with Crippen LogP contribution < -0.4 is 15.5 Å². The summed E-state index contributed by atoms with van der Waals surface area (Å²) in [6.45, 7) is 10.3. The minimum atomic E-state index is 0.451. The molecular weight excluding hydrogens is 360 g/mol. The van der Waals surface area contributed by atoms with Gasteiger partial charge in [-0.05, 0) is 63.6 Å². The standard InChI is InChI=1S/C23H26N6/c1-5-29(6-2)19-11-12-20(16(3)13-19)26-22-14-17(4)25-23(28-22)27-21-10-8-7-9-18(21)15-24/h7-14H,5-6H2,1-4H3,(H2,25,26,27,28). The average molecular weight is 387 g/mol. The highest BCUT2D eigenvalue weighted by molar-refractivity contribution is 5.67. The number of nitriles is 1. The van der Waals surface area contributed by atoms with Crippen LogP contribution in [0, 0.1) is 25.2 Å². The van der Waals surface area contributed by atoms with E-state index in [1.54, 1.807) is 6.07 Å². The number of nitrogens with zero attached hydrogens (tertiary/aromatic N) is 4. The Morgan fingerprint density at radius 2 is 1.69 bits per heavy atom. The van der Waals surface area contributed by atoms with Gasteiger partial charge in [0.15, 0.2) is 0 Å². The molecule has 0 saturated carbocycles. The fourth-order valence-corrected chi connectivity index (χ4v) is 3.21. The maximum atomic E-state index is 9.28. The predicted molar refractivity (Wildman–Crippen MR) is 119 cm³/mol. The minimum absolute atomic E-state index is 0.451. The molecule has 0 amide bonds. The molecule has 2 aromatic carbocycles. The van der Waals surface area contributed by atoms with Gasteiger partial charge in [0, 0.05) is 36.2 Å². The van der Waals surface area contributed by atoms with Crippen LogP contribution in [-0.2, 0) is 0 Å². The third-order valence-corrected chi connectivity index (χ3v) is 4.75. The molecule has 0 aliphatic heterocycles. The summed E-state index contributed by atoms with van der Waals surface area (Å²) >= 11 is 0. The van der Waals surface area contributed by atoms with E-state index in [4.69, 9.17) is 0 Å². The third kappa shape index (κ3) is 4.82. The van der Waals surface area contributed by atoms with Crippen LogP contribution in [0.3, 0.4) is 0 Å². The summed E-state index contributed by atoms with van der Waals surface area (Å²) in [4.78, 5) is 11.3. The van der Waals surface area contributed by atoms with Crippen LogP contribution >= 0.6 is 0 Å². The summed E-state index contributed by atoms with van der Waals surface area (Å²) in [6, 6.07) is 17.8. The topological polar surface area (TPSA) is 76.9 Å². The van der Waals surface area contributed by atoms with Crippen molar-refractivity contribution in [2.24, 2.45) is 0 Å². The van der Waals surface area contributed by atoms with Crippen LogP contribution in [0.15, 0.2) is 48.5 Å². The quantitative estimate of drug-likeness (QED) is 0.574. The van der Waals surface area contributed by atoms with Gasteiger partial charge in [0.2, 0.25) is 5.95 Å². The average Bonchev–Trinajstić information content (AvgIpc) is 2.71. The van der Waals surface area contributed by atoms with E-state index in [0.717, 1.165) is 30.0 Å². The van der Waals surface area contributed by atoms with Crippen LogP contribution in [0.5, 0.6) is 0 Å². The number of anilines is 5. The van der Waals surface area contributed by atoms with E-state index in [1.807, 2.05) is 31.2 Å². The fourth-order valence-electron chi connectivity index (χ4n) is 3.21.